The van der Waals surface area contributed by atoms with Crippen LogP contribution in [0.5, 0.6) is 0 Å². The minimum atomic E-state index is -4.55. The van der Waals surface area contributed by atoms with E-state index in [0.717, 1.165) is 35.6 Å². The van der Waals surface area contributed by atoms with Crippen molar-refractivity contribution >= 4 is 22.8 Å². The first-order valence-corrected chi connectivity index (χ1v) is 11.3. The number of amidine groups is 1. The number of alkyl halides is 4. The van der Waals surface area contributed by atoms with Crippen molar-refractivity contribution in [2.24, 2.45) is 10.9 Å². The van der Waals surface area contributed by atoms with E-state index in [1.165, 1.54) is 26.0 Å². The van der Waals surface area contributed by atoms with Crippen LogP contribution in [0.25, 0.3) is 0 Å². The molecular weight excluding hydrogens is 446 g/mol. The third-order valence-corrected chi connectivity index (χ3v) is 6.38. The number of benzene rings is 1. The average Bonchev–Trinajstić information content (AvgIpc) is 3.05. The molecule has 1 amide bonds. The van der Waals surface area contributed by atoms with Crippen molar-refractivity contribution in [3.05, 3.63) is 45.9 Å². The highest BCUT2D eigenvalue weighted by molar-refractivity contribution is 8.18. The Labute approximate surface area is 189 Å². The summed E-state index contributed by atoms with van der Waals surface area (Å²) >= 11 is 1.06. The molecule has 2 aliphatic heterocycles. The lowest BCUT2D eigenvalue weighted by molar-refractivity contribution is -0.138. The van der Waals surface area contributed by atoms with Crippen molar-refractivity contribution in [2.45, 2.75) is 45.1 Å². The summed E-state index contributed by atoms with van der Waals surface area (Å²) in [5.41, 5.74) is -2.49. The van der Waals surface area contributed by atoms with Crippen molar-refractivity contribution in [3.63, 3.8) is 0 Å². The number of allylic oxidation sites excluding steroid dienone is 1. The van der Waals surface area contributed by atoms with Gasteiger partial charge in [-0.15, -0.1) is 0 Å². The molecule has 2 saturated heterocycles. The maximum atomic E-state index is 14.2. The van der Waals surface area contributed by atoms with E-state index in [0.29, 0.717) is 18.9 Å². The number of nitrogens with one attached hydrogen (secondary N) is 1. The first kappa shape index (κ1) is 24.7. The van der Waals surface area contributed by atoms with Crippen LogP contribution in [0.3, 0.4) is 0 Å². The van der Waals surface area contributed by atoms with E-state index < -0.39 is 17.4 Å². The zero-order chi connectivity index (χ0) is 23.5. The van der Waals surface area contributed by atoms with E-state index in [2.05, 4.69) is 10.3 Å². The van der Waals surface area contributed by atoms with E-state index in [1.807, 2.05) is 11.0 Å². The number of aliphatic hydroxyl groups excluding tert-OH is 1. The highest BCUT2D eigenvalue weighted by Crippen LogP contribution is 2.37. The number of hydrogen-bond donors (Lipinski definition) is 2. The Morgan fingerprint density at radius 1 is 1.25 bits per heavy atom. The number of halogens is 4. The Balaban J connectivity index is 1.67. The van der Waals surface area contributed by atoms with Crippen LogP contribution in [0.15, 0.2) is 34.2 Å². The van der Waals surface area contributed by atoms with E-state index in [-0.39, 0.29) is 42.0 Å². The minimum Gasteiger partial charge on any atom is -0.394 e. The first-order chi connectivity index (χ1) is 15.0. The normalized spacial score (nSPS) is 21.5. The summed E-state index contributed by atoms with van der Waals surface area (Å²) in [6.07, 6.45) is -1.09. The first-order valence-electron chi connectivity index (χ1n) is 10.5. The van der Waals surface area contributed by atoms with Crippen molar-refractivity contribution in [1.82, 2.24) is 10.2 Å². The molecule has 0 unspecified atom stereocenters. The van der Waals surface area contributed by atoms with Crippen LogP contribution in [-0.2, 0) is 18.4 Å². The van der Waals surface area contributed by atoms with Crippen LogP contribution in [0, 0.1) is 5.92 Å². The minimum absolute atomic E-state index is 0.00907. The molecule has 2 N–H and O–H groups in total. The van der Waals surface area contributed by atoms with E-state index in [9.17, 15) is 22.4 Å². The molecule has 0 aromatic heterocycles. The molecule has 0 aliphatic carbocycles. The van der Waals surface area contributed by atoms with Gasteiger partial charge in [0.1, 0.15) is 11.5 Å². The standard InChI is InChI=1S/C22H27F4N3O2S/c1-21(2,23)16-4-3-15(17(12-16)22(24,25)26)13-29-8-5-14(6-9-29)11-18-19(27-7-10-30)28-20(31)32-18/h3-4,11-12,14,30H,5-10,13H2,1-2H3,(H,27,28,31)/b18-11-. The van der Waals surface area contributed by atoms with Crippen LogP contribution in [0.2, 0.25) is 0 Å². The maximum Gasteiger partial charge on any atom is 0.416 e. The smallest absolute Gasteiger partial charge is 0.394 e. The number of amides is 1. The van der Waals surface area contributed by atoms with Gasteiger partial charge in [-0.3, -0.25) is 14.7 Å². The highest BCUT2D eigenvalue weighted by Gasteiger charge is 2.36. The monoisotopic (exact) mass is 473 g/mol. The van der Waals surface area contributed by atoms with E-state index in [1.54, 1.807) is 0 Å². The fourth-order valence-corrected chi connectivity index (χ4v) is 4.63. The Hall–Kier alpha value is -1.91. The number of likely N-dealkylation sites (tertiary alicyclic amines) is 1. The highest BCUT2D eigenvalue weighted by atomic mass is 32.2. The van der Waals surface area contributed by atoms with Crippen molar-refractivity contribution in [2.75, 3.05) is 26.2 Å². The molecule has 0 radical (unpaired) electrons. The summed E-state index contributed by atoms with van der Waals surface area (Å²) in [4.78, 5) is 18.5. The van der Waals surface area contributed by atoms with Gasteiger partial charge >= 0.3 is 6.18 Å². The van der Waals surface area contributed by atoms with Gasteiger partial charge in [-0.25, -0.2) is 4.39 Å². The second-order valence-corrected chi connectivity index (χ2v) is 9.47. The largest absolute Gasteiger partial charge is 0.416 e. The number of thioether (sulfide) groups is 1. The predicted molar refractivity (Wildman–Crippen MR) is 117 cm³/mol. The van der Waals surface area contributed by atoms with Crippen LogP contribution in [-0.4, -0.2) is 47.3 Å². The Bertz CT molecular complexity index is 901. The number of aliphatic hydroxyl groups is 1. The van der Waals surface area contributed by atoms with Crippen molar-refractivity contribution in [1.29, 1.82) is 0 Å². The summed E-state index contributed by atoms with van der Waals surface area (Å²) in [6, 6.07) is 3.72. The molecule has 2 heterocycles. The molecule has 32 heavy (non-hydrogen) atoms. The summed E-state index contributed by atoms with van der Waals surface area (Å²) in [5.74, 6) is 0.639. The zero-order valence-electron chi connectivity index (χ0n) is 18.0. The number of nitrogens with zero attached hydrogens (tertiary/aromatic N) is 2. The molecule has 3 rings (SSSR count). The molecular formula is C22H27F4N3O2S. The summed E-state index contributed by atoms with van der Waals surface area (Å²) < 4.78 is 55.0. The summed E-state index contributed by atoms with van der Waals surface area (Å²) in [5, 5.41) is 11.4. The van der Waals surface area contributed by atoms with Gasteiger partial charge in [0.05, 0.1) is 23.6 Å². The van der Waals surface area contributed by atoms with Crippen molar-refractivity contribution in [3.8, 4) is 0 Å². The zero-order valence-corrected chi connectivity index (χ0v) is 18.8. The molecule has 10 heteroatoms. The second kappa shape index (κ2) is 9.93. The molecule has 2 aliphatic rings. The Kier molecular flexibility index (Phi) is 7.67. The average molecular weight is 474 g/mol. The van der Waals surface area contributed by atoms with Crippen LogP contribution < -0.4 is 5.32 Å². The SMILES string of the molecule is CC(C)(F)c1ccc(CN2CCC(/C=C3\SC(=O)NC3=NCCO)CC2)c(C(F)(F)F)c1. The Morgan fingerprint density at radius 2 is 1.94 bits per heavy atom. The molecule has 0 bridgehead atoms. The lowest BCUT2D eigenvalue weighted by Gasteiger charge is -2.31. The van der Waals surface area contributed by atoms with Gasteiger partial charge in [-0.2, -0.15) is 13.2 Å². The van der Waals surface area contributed by atoms with Gasteiger partial charge in [-0.05, 0) is 74.7 Å². The van der Waals surface area contributed by atoms with Crippen LogP contribution in [0.4, 0.5) is 22.4 Å². The molecule has 176 valence electrons. The molecule has 0 atom stereocenters. The molecule has 0 saturated carbocycles. The topological polar surface area (TPSA) is 64.9 Å². The van der Waals surface area contributed by atoms with Crippen LogP contribution >= 0.6 is 11.8 Å². The fourth-order valence-electron chi connectivity index (χ4n) is 3.80. The van der Waals surface area contributed by atoms with Gasteiger partial charge in [0.15, 0.2) is 0 Å². The molecule has 2 fully saturated rings. The van der Waals surface area contributed by atoms with Crippen molar-refractivity contribution < 1.29 is 27.5 Å². The third kappa shape index (κ3) is 6.32. The fraction of sp³-hybridized carbons (Fsp3) is 0.545. The maximum absolute atomic E-state index is 14.2. The van der Waals surface area contributed by atoms with Gasteiger partial charge in [0.2, 0.25) is 0 Å². The van der Waals surface area contributed by atoms with Gasteiger partial charge in [0, 0.05) is 6.54 Å². The predicted octanol–water partition coefficient (Wildman–Crippen LogP) is 4.85. The quantitative estimate of drug-likeness (QED) is 0.580. The van der Waals surface area contributed by atoms with Crippen LogP contribution in [0.1, 0.15) is 43.4 Å². The molecule has 5 nitrogen and oxygen atoms in total. The Morgan fingerprint density at radius 3 is 2.53 bits per heavy atom. The molecule has 0 spiro atoms. The van der Waals surface area contributed by atoms with E-state index in [4.69, 9.17) is 5.11 Å². The lowest BCUT2D eigenvalue weighted by atomic mass is 9.93. The van der Waals surface area contributed by atoms with Gasteiger partial charge in [0.25, 0.3) is 5.24 Å². The lowest BCUT2D eigenvalue weighted by Crippen LogP contribution is -2.33. The third-order valence-electron chi connectivity index (χ3n) is 5.54. The number of piperidine rings is 1. The summed E-state index contributed by atoms with van der Waals surface area (Å²) in [6.45, 7) is 3.93. The number of rotatable bonds is 6. The number of carbonyl (C=O) groups excluding carboxylic acids is 1. The van der Waals surface area contributed by atoms with Gasteiger partial charge in [-0.1, -0.05) is 18.2 Å². The van der Waals surface area contributed by atoms with E-state index >= 15 is 0 Å². The second-order valence-electron chi connectivity index (χ2n) is 8.46. The number of aliphatic imine (C=N–C) groups is 1. The summed E-state index contributed by atoms with van der Waals surface area (Å²) in [7, 11) is 0. The molecule has 1 aromatic carbocycles. The van der Waals surface area contributed by atoms with Gasteiger partial charge < -0.3 is 10.4 Å². The molecule has 1 aromatic rings. The number of hydrogen-bond acceptors (Lipinski definition) is 5. The number of carbonyl (C=O) groups is 1.